The Morgan fingerprint density at radius 2 is 1.87 bits per heavy atom. The van der Waals surface area contributed by atoms with Gasteiger partial charge in [-0.05, 0) is 52.9 Å². The molecule has 0 bridgehead atoms. The molecule has 0 radical (unpaired) electrons. The van der Waals surface area contributed by atoms with Crippen LogP contribution >= 0.6 is 12.4 Å². The summed E-state index contributed by atoms with van der Waals surface area (Å²) in [6.45, 7) is 6.63. The van der Waals surface area contributed by atoms with Crippen molar-refractivity contribution in [1.82, 2.24) is 10.2 Å². The summed E-state index contributed by atoms with van der Waals surface area (Å²) in [6.07, 6.45) is 7.10. The van der Waals surface area contributed by atoms with E-state index in [1.165, 1.54) is 6.42 Å². The second-order valence-electron chi connectivity index (χ2n) is 7.41. The lowest BCUT2D eigenvalue weighted by Gasteiger charge is -2.39. The third kappa shape index (κ3) is 4.83. The monoisotopic (exact) mass is 345 g/mol. The van der Waals surface area contributed by atoms with Crippen LogP contribution in [0.2, 0.25) is 0 Å². The molecule has 134 valence electrons. The minimum absolute atomic E-state index is 0. The zero-order valence-electron chi connectivity index (χ0n) is 14.6. The first-order valence-corrected chi connectivity index (χ1v) is 8.72. The number of nitrogens with two attached hydrogens (primary N) is 1. The molecule has 1 heterocycles. The van der Waals surface area contributed by atoms with Crippen LogP contribution in [0.15, 0.2) is 0 Å². The van der Waals surface area contributed by atoms with Gasteiger partial charge in [-0.25, -0.2) is 0 Å². The highest BCUT2D eigenvalue weighted by Crippen LogP contribution is 2.31. The van der Waals surface area contributed by atoms with E-state index < -0.39 is 11.6 Å². The van der Waals surface area contributed by atoms with Crippen LogP contribution in [-0.2, 0) is 9.59 Å². The van der Waals surface area contributed by atoms with Crippen LogP contribution in [0.25, 0.3) is 0 Å². The predicted molar refractivity (Wildman–Crippen MR) is 94.4 cm³/mol. The summed E-state index contributed by atoms with van der Waals surface area (Å²) >= 11 is 0. The van der Waals surface area contributed by atoms with E-state index in [4.69, 9.17) is 5.73 Å². The highest BCUT2D eigenvalue weighted by molar-refractivity contribution is 5.89. The zero-order chi connectivity index (χ0) is 16.3. The summed E-state index contributed by atoms with van der Waals surface area (Å²) in [7, 11) is 0. The minimum atomic E-state index is -0.467. The average Bonchev–Trinajstić information content (AvgIpc) is 2.46. The van der Waals surface area contributed by atoms with Crippen LogP contribution in [-0.4, -0.2) is 40.9 Å². The standard InChI is InChI=1S/C17H31N3O2.ClH/c1-12-8-5-7-11-20(12)16(22)13(2)19-15(21)14-9-4-6-10-17(14,3)18;/h12-14H,4-11,18H2,1-3H3,(H,19,21);1H. The van der Waals surface area contributed by atoms with Crippen LogP contribution in [0.4, 0.5) is 0 Å². The molecule has 4 atom stereocenters. The molecule has 5 nitrogen and oxygen atoms in total. The quantitative estimate of drug-likeness (QED) is 0.823. The fraction of sp³-hybridized carbons (Fsp3) is 0.882. The predicted octanol–water partition coefficient (Wildman–Crippen LogP) is 2.22. The van der Waals surface area contributed by atoms with E-state index in [-0.39, 0.29) is 36.2 Å². The van der Waals surface area contributed by atoms with Crippen LogP contribution in [0, 0.1) is 5.92 Å². The van der Waals surface area contributed by atoms with E-state index in [0.29, 0.717) is 0 Å². The van der Waals surface area contributed by atoms with Crippen molar-refractivity contribution in [3.8, 4) is 0 Å². The Morgan fingerprint density at radius 3 is 2.48 bits per heavy atom. The van der Waals surface area contributed by atoms with Crippen molar-refractivity contribution in [1.29, 1.82) is 0 Å². The van der Waals surface area contributed by atoms with Crippen molar-refractivity contribution in [2.24, 2.45) is 11.7 Å². The molecule has 1 aliphatic carbocycles. The zero-order valence-corrected chi connectivity index (χ0v) is 15.5. The Bertz CT molecular complexity index is 428. The number of halogens is 1. The van der Waals surface area contributed by atoms with Crippen molar-refractivity contribution in [2.45, 2.75) is 83.3 Å². The molecule has 2 fully saturated rings. The molecule has 1 saturated carbocycles. The SMILES string of the molecule is CC(NC(=O)C1CCCCC1(C)N)C(=O)N1CCCCC1C.Cl. The average molecular weight is 346 g/mol. The second kappa shape index (κ2) is 8.34. The lowest BCUT2D eigenvalue weighted by molar-refractivity contribution is -0.140. The summed E-state index contributed by atoms with van der Waals surface area (Å²) in [6, 6.07) is -0.194. The first-order valence-electron chi connectivity index (χ1n) is 8.72. The summed E-state index contributed by atoms with van der Waals surface area (Å²) in [5.41, 5.74) is 5.83. The van der Waals surface area contributed by atoms with E-state index in [0.717, 1.165) is 45.1 Å². The smallest absolute Gasteiger partial charge is 0.245 e. The normalized spacial score (nSPS) is 32.6. The van der Waals surface area contributed by atoms with Crippen molar-refractivity contribution in [3.05, 3.63) is 0 Å². The number of hydrogen-bond acceptors (Lipinski definition) is 3. The Balaban J connectivity index is 0.00000264. The Hall–Kier alpha value is -0.810. The molecule has 3 N–H and O–H groups in total. The largest absolute Gasteiger partial charge is 0.344 e. The van der Waals surface area contributed by atoms with Gasteiger partial charge in [-0.2, -0.15) is 0 Å². The van der Waals surface area contributed by atoms with Gasteiger partial charge in [0.1, 0.15) is 6.04 Å². The number of piperidine rings is 1. The van der Waals surface area contributed by atoms with Gasteiger partial charge in [0.15, 0.2) is 0 Å². The topological polar surface area (TPSA) is 75.4 Å². The first kappa shape index (κ1) is 20.2. The maximum Gasteiger partial charge on any atom is 0.245 e. The molecule has 4 unspecified atom stereocenters. The molecule has 23 heavy (non-hydrogen) atoms. The third-order valence-electron chi connectivity index (χ3n) is 5.39. The van der Waals surface area contributed by atoms with E-state index in [2.05, 4.69) is 12.2 Å². The van der Waals surface area contributed by atoms with Crippen molar-refractivity contribution < 1.29 is 9.59 Å². The second-order valence-corrected chi connectivity index (χ2v) is 7.41. The number of amides is 2. The Labute approximate surface area is 146 Å². The molecule has 0 spiro atoms. The summed E-state index contributed by atoms with van der Waals surface area (Å²) in [5, 5.41) is 2.91. The van der Waals surface area contributed by atoms with Crippen molar-refractivity contribution in [2.75, 3.05) is 6.54 Å². The number of nitrogens with zero attached hydrogens (tertiary/aromatic N) is 1. The summed E-state index contributed by atoms with van der Waals surface area (Å²) < 4.78 is 0. The number of carbonyl (C=O) groups excluding carboxylic acids is 2. The van der Waals surface area contributed by atoms with Gasteiger partial charge in [0.05, 0.1) is 5.92 Å². The van der Waals surface area contributed by atoms with Gasteiger partial charge >= 0.3 is 0 Å². The first-order chi connectivity index (χ1) is 10.3. The summed E-state index contributed by atoms with van der Waals surface area (Å²) in [4.78, 5) is 27.0. The Kier molecular flexibility index (Phi) is 7.33. The molecule has 1 aliphatic heterocycles. The molecular weight excluding hydrogens is 314 g/mol. The Morgan fingerprint density at radius 1 is 1.22 bits per heavy atom. The molecule has 6 heteroatoms. The third-order valence-corrected chi connectivity index (χ3v) is 5.39. The number of hydrogen-bond donors (Lipinski definition) is 2. The molecule has 0 aromatic rings. The van der Waals surface area contributed by atoms with Gasteiger partial charge in [-0.15, -0.1) is 12.4 Å². The fourth-order valence-corrected chi connectivity index (χ4v) is 3.84. The van der Waals surface area contributed by atoms with Gasteiger partial charge in [0.25, 0.3) is 0 Å². The molecule has 0 aromatic carbocycles. The molecule has 2 amide bonds. The van der Waals surface area contributed by atoms with Gasteiger partial charge < -0.3 is 16.0 Å². The number of carbonyl (C=O) groups is 2. The molecule has 2 rings (SSSR count). The van der Waals surface area contributed by atoms with Crippen LogP contribution in [0.5, 0.6) is 0 Å². The number of likely N-dealkylation sites (tertiary alicyclic amines) is 1. The minimum Gasteiger partial charge on any atom is -0.344 e. The molecule has 1 saturated heterocycles. The van der Waals surface area contributed by atoms with Gasteiger partial charge in [0, 0.05) is 18.1 Å². The summed E-state index contributed by atoms with van der Waals surface area (Å²) in [5.74, 6) is -0.208. The van der Waals surface area contributed by atoms with Gasteiger partial charge in [-0.1, -0.05) is 12.8 Å². The number of rotatable bonds is 3. The molecule has 0 aromatic heterocycles. The highest BCUT2D eigenvalue weighted by Gasteiger charge is 2.39. The van der Waals surface area contributed by atoms with E-state index in [1.54, 1.807) is 6.92 Å². The van der Waals surface area contributed by atoms with Crippen molar-refractivity contribution in [3.63, 3.8) is 0 Å². The van der Waals surface area contributed by atoms with Crippen molar-refractivity contribution >= 4 is 24.2 Å². The van der Waals surface area contributed by atoms with Crippen LogP contribution in [0.3, 0.4) is 0 Å². The maximum absolute atomic E-state index is 12.6. The number of nitrogens with one attached hydrogen (secondary N) is 1. The molecule has 2 aliphatic rings. The highest BCUT2D eigenvalue weighted by atomic mass is 35.5. The maximum atomic E-state index is 12.6. The van der Waals surface area contributed by atoms with Gasteiger partial charge in [0.2, 0.25) is 11.8 Å². The van der Waals surface area contributed by atoms with Crippen LogP contribution in [0.1, 0.15) is 65.7 Å². The van der Waals surface area contributed by atoms with E-state index >= 15 is 0 Å². The van der Waals surface area contributed by atoms with E-state index in [1.807, 2.05) is 11.8 Å². The van der Waals surface area contributed by atoms with Gasteiger partial charge in [-0.3, -0.25) is 9.59 Å². The fourth-order valence-electron chi connectivity index (χ4n) is 3.84. The van der Waals surface area contributed by atoms with Crippen LogP contribution < -0.4 is 11.1 Å². The molecular formula is C17H32ClN3O2. The lowest BCUT2D eigenvalue weighted by atomic mass is 9.74. The van der Waals surface area contributed by atoms with E-state index in [9.17, 15) is 9.59 Å². The lowest BCUT2D eigenvalue weighted by Crippen LogP contribution is -2.57.